The molecule has 3 N–H and O–H groups in total. The fraction of sp³-hybridized carbons (Fsp3) is 0.421. The van der Waals surface area contributed by atoms with Crippen LogP contribution in [-0.4, -0.2) is 32.5 Å². The molecule has 11 heteroatoms. The number of aromatic nitrogens is 1. The van der Waals surface area contributed by atoms with Crippen molar-refractivity contribution in [2.45, 2.75) is 38.1 Å². The van der Waals surface area contributed by atoms with Gasteiger partial charge >= 0.3 is 0 Å². The monoisotopic (exact) mass is 480 g/mol. The maximum Gasteiger partial charge on any atom is 0.267 e. The van der Waals surface area contributed by atoms with Crippen LogP contribution >= 0.6 is 23.2 Å². The highest BCUT2D eigenvalue weighted by Gasteiger charge is 2.30. The molecule has 1 unspecified atom stereocenters. The zero-order chi connectivity index (χ0) is 22.6. The van der Waals surface area contributed by atoms with Crippen molar-refractivity contribution in [3.05, 3.63) is 46.1 Å². The number of anilines is 2. The van der Waals surface area contributed by atoms with Gasteiger partial charge in [0.25, 0.3) is 10.0 Å². The summed E-state index contributed by atoms with van der Waals surface area (Å²) >= 11 is 12.2. The van der Waals surface area contributed by atoms with Gasteiger partial charge < -0.3 is 10.6 Å². The molecule has 0 amide bonds. The molecule has 0 spiro atoms. The van der Waals surface area contributed by atoms with Crippen LogP contribution in [0.3, 0.4) is 0 Å². The van der Waals surface area contributed by atoms with Crippen molar-refractivity contribution in [3.8, 4) is 0 Å². The molecule has 6 nitrogen and oxygen atoms in total. The summed E-state index contributed by atoms with van der Waals surface area (Å²) in [6, 6.07) is 5.21. The summed E-state index contributed by atoms with van der Waals surface area (Å²) in [6.45, 7) is 7.29. The van der Waals surface area contributed by atoms with Gasteiger partial charge in [0, 0.05) is 13.1 Å². The lowest BCUT2D eigenvalue weighted by Crippen LogP contribution is -2.21. The van der Waals surface area contributed by atoms with Gasteiger partial charge in [0.1, 0.15) is 15.7 Å². The van der Waals surface area contributed by atoms with Gasteiger partial charge in [-0.05, 0) is 36.6 Å². The molecule has 1 aliphatic heterocycles. The molecule has 1 atom stereocenters. The summed E-state index contributed by atoms with van der Waals surface area (Å²) in [5, 5.41) is -0.638. The Morgan fingerprint density at radius 1 is 1.30 bits per heavy atom. The van der Waals surface area contributed by atoms with E-state index >= 15 is 0 Å². The number of hydrogen-bond donors (Lipinski definition) is 2. The molecule has 1 saturated heterocycles. The highest BCUT2D eigenvalue weighted by molar-refractivity contribution is 7.92. The van der Waals surface area contributed by atoms with Crippen molar-refractivity contribution < 1.29 is 17.2 Å². The van der Waals surface area contributed by atoms with E-state index in [0.717, 1.165) is 12.5 Å². The number of sulfonamides is 1. The van der Waals surface area contributed by atoms with Gasteiger partial charge in [-0.1, -0.05) is 50.0 Å². The first-order valence-corrected chi connectivity index (χ1v) is 11.5. The number of benzene rings is 1. The van der Waals surface area contributed by atoms with Crippen molar-refractivity contribution in [2.75, 3.05) is 22.7 Å². The minimum atomic E-state index is -4.45. The van der Waals surface area contributed by atoms with E-state index in [0.29, 0.717) is 30.7 Å². The molecule has 1 aromatic heterocycles. The molecule has 0 aliphatic carbocycles. The molecule has 30 heavy (non-hydrogen) atoms. The fourth-order valence-electron chi connectivity index (χ4n) is 2.85. The lowest BCUT2D eigenvalue weighted by molar-refractivity contribution is 0.569. The van der Waals surface area contributed by atoms with E-state index in [9.17, 15) is 17.2 Å². The third-order valence-corrected chi connectivity index (χ3v) is 6.27. The van der Waals surface area contributed by atoms with E-state index in [1.807, 2.05) is 23.5 Å². The number of rotatable bonds is 4. The maximum atomic E-state index is 14.8. The van der Waals surface area contributed by atoms with Crippen LogP contribution in [0.5, 0.6) is 0 Å². The van der Waals surface area contributed by atoms with E-state index in [4.69, 9.17) is 28.9 Å². The number of nitrogens with two attached hydrogens (primary N) is 1. The quantitative estimate of drug-likeness (QED) is 0.490. The summed E-state index contributed by atoms with van der Waals surface area (Å²) in [6.07, 6.45) is 0.919. The fourth-order valence-corrected chi connectivity index (χ4v) is 4.81. The molecule has 166 valence electrons. The minimum absolute atomic E-state index is 0.297. The topological polar surface area (TPSA) is 88.3 Å². The molecular weight excluding hydrogens is 457 g/mol. The summed E-state index contributed by atoms with van der Waals surface area (Å²) in [7, 11) is -4.45. The van der Waals surface area contributed by atoms with Gasteiger partial charge in [0.05, 0.1) is 10.7 Å². The van der Waals surface area contributed by atoms with Crippen LogP contribution in [0.2, 0.25) is 10.0 Å². The van der Waals surface area contributed by atoms with E-state index in [-0.39, 0.29) is 15.9 Å². The van der Waals surface area contributed by atoms with Crippen molar-refractivity contribution in [3.63, 3.8) is 0 Å². The van der Waals surface area contributed by atoms with Gasteiger partial charge in [0.2, 0.25) is 5.95 Å². The van der Waals surface area contributed by atoms with Gasteiger partial charge in [-0.25, -0.2) is 17.8 Å². The Balaban J connectivity index is 0.000000735. The summed E-state index contributed by atoms with van der Waals surface area (Å²) in [5.74, 6) is -1.92. The number of nitrogens with one attached hydrogen (secondary N) is 1. The molecule has 0 bridgehead atoms. The zero-order valence-electron chi connectivity index (χ0n) is 16.8. The molecule has 1 fully saturated rings. The summed E-state index contributed by atoms with van der Waals surface area (Å²) in [4.78, 5) is 4.45. The first-order valence-electron chi connectivity index (χ1n) is 9.25. The Morgan fingerprint density at radius 2 is 1.93 bits per heavy atom. The Kier molecular flexibility index (Phi) is 8.27. The lowest BCUT2D eigenvalue weighted by Gasteiger charge is -2.21. The summed E-state index contributed by atoms with van der Waals surface area (Å²) < 4.78 is 55.0. The van der Waals surface area contributed by atoms with Crippen molar-refractivity contribution in [1.29, 1.82) is 0 Å². The van der Waals surface area contributed by atoms with E-state index in [2.05, 4.69) is 11.9 Å². The van der Waals surface area contributed by atoms with E-state index < -0.39 is 26.7 Å². The second-order valence-electron chi connectivity index (χ2n) is 7.37. The van der Waals surface area contributed by atoms with E-state index in [1.54, 1.807) is 0 Å². The number of pyridine rings is 1. The second-order valence-corrected chi connectivity index (χ2v) is 9.77. The first kappa shape index (κ1) is 24.6. The van der Waals surface area contributed by atoms with Gasteiger partial charge in [-0.3, -0.25) is 4.72 Å². The molecule has 2 aromatic rings. The molecular formula is C19H24Cl2F2N4O2S. The first-order chi connectivity index (χ1) is 13.9. The largest absolute Gasteiger partial charge is 0.370 e. The predicted molar refractivity (Wildman–Crippen MR) is 117 cm³/mol. The predicted octanol–water partition coefficient (Wildman–Crippen LogP) is 4.67. The van der Waals surface area contributed by atoms with Crippen molar-refractivity contribution in [1.82, 2.24) is 4.98 Å². The van der Waals surface area contributed by atoms with Crippen LogP contribution in [0, 0.1) is 17.7 Å². The maximum absolute atomic E-state index is 14.8. The van der Waals surface area contributed by atoms with E-state index in [1.165, 1.54) is 18.2 Å². The second kappa shape index (κ2) is 10.1. The molecule has 3 rings (SSSR count). The molecule has 1 aromatic carbocycles. The minimum Gasteiger partial charge on any atom is -0.370 e. The standard InChI is InChI=1S/C16H15Cl2F2N3O2S.C3H9N/c1-9-5-6-23(8-9)11-7-10(17)16(15(20)14(11)18)26(24,25)22-13-4-2-3-12(19)21-13;1-3(2)4/h2-4,7,9H,5-6,8H2,1H3,(H,21,22);3H,4H2,1-2H3. The van der Waals surface area contributed by atoms with Gasteiger partial charge in [-0.2, -0.15) is 4.39 Å². The highest BCUT2D eigenvalue weighted by atomic mass is 35.5. The SMILES string of the molecule is CC(C)N.CC1CCN(c2cc(Cl)c(S(=O)(=O)Nc3cccc(F)n3)c(F)c2Cl)C1. The average molecular weight is 481 g/mol. The number of hydrogen-bond acceptors (Lipinski definition) is 5. The van der Waals surface area contributed by atoms with Gasteiger partial charge in [0.15, 0.2) is 5.82 Å². The smallest absolute Gasteiger partial charge is 0.267 e. The highest BCUT2D eigenvalue weighted by Crippen LogP contribution is 2.39. The van der Waals surface area contributed by atoms with Crippen molar-refractivity contribution >= 4 is 44.7 Å². The third-order valence-electron chi connectivity index (χ3n) is 4.08. The van der Waals surface area contributed by atoms with Gasteiger partial charge in [-0.15, -0.1) is 0 Å². The lowest BCUT2D eigenvalue weighted by atomic mass is 10.2. The Morgan fingerprint density at radius 3 is 2.47 bits per heavy atom. The van der Waals surface area contributed by atoms with Crippen LogP contribution in [0.25, 0.3) is 0 Å². The molecule has 2 heterocycles. The number of nitrogens with zero attached hydrogens (tertiary/aromatic N) is 2. The average Bonchev–Trinajstić information content (AvgIpc) is 3.03. The van der Waals surface area contributed by atoms with Crippen LogP contribution in [0.1, 0.15) is 27.2 Å². The van der Waals surface area contributed by atoms with Crippen LogP contribution in [0.4, 0.5) is 20.3 Å². The van der Waals surface area contributed by atoms with Crippen LogP contribution < -0.4 is 15.4 Å². The third kappa shape index (κ3) is 6.16. The van der Waals surface area contributed by atoms with Crippen molar-refractivity contribution in [2.24, 2.45) is 11.7 Å². The Labute approximate surface area is 185 Å². The molecule has 0 saturated carbocycles. The van der Waals surface area contributed by atoms with Crippen LogP contribution in [-0.2, 0) is 10.0 Å². The summed E-state index contributed by atoms with van der Waals surface area (Å²) in [5.41, 5.74) is 5.46. The molecule has 0 radical (unpaired) electrons. The molecule has 1 aliphatic rings. The number of halogens is 4. The Hall–Kier alpha value is -1.68. The normalized spacial score (nSPS) is 16.4. The zero-order valence-corrected chi connectivity index (χ0v) is 19.1. The van der Waals surface area contributed by atoms with Crippen LogP contribution in [0.15, 0.2) is 29.2 Å². The Bertz CT molecular complexity index is 1000.